The van der Waals surface area contributed by atoms with Crippen LogP contribution >= 0.6 is 0 Å². The van der Waals surface area contributed by atoms with Crippen LogP contribution in [-0.2, 0) is 4.74 Å². The van der Waals surface area contributed by atoms with E-state index < -0.39 is 5.60 Å². The summed E-state index contributed by atoms with van der Waals surface area (Å²) < 4.78 is 11.1. The first kappa shape index (κ1) is 15.7. The zero-order valence-electron chi connectivity index (χ0n) is 12.5. The summed E-state index contributed by atoms with van der Waals surface area (Å²) >= 11 is 0. The molecule has 0 aliphatic carbocycles. The van der Waals surface area contributed by atoms with Gasteiger partial charge in [-0.05, 0) is 38.8 Å². The molecule has 0 N–H and O–H groups in total. The molecule has 19 heavy (non-hydrogen) atoms. The standard InChI is InChI=1S/C16H24O3/c1-6-16(7-2,18-5)15(17)13-9-8-10-14(11-13)19-12(3)4/h8-12H,6-7H2,1-5H3. The fourth-order valence-electron chi connectivity index (χ4n) is 2.20. The Morgan fingerprint density at radius 1 is 1.26 bits per heavy atom. The minimum absolute atomic E-state index is 0.0224. The second-order valence-electron chi connectivity index (χ2n) is 4.93. The summed E-state index contributed by atoms with van der Waals surface area (Å²) in [7, 11) is 1.60. The molecular formula is C16H24O3. The molecule has 106 valence electrons. The molecule has 1 rings (SSSR count). The van der Waals surface area contributed by atoms with Gasteiger partial charge in [-0.25, -0.2) is 0 Å². The van der Waals surface area contributed by atoms with Gasteiger partial charge in [0.05, 0.1) is 6.10 Å². The normalized spacial score (nSPS) is 11.7. The van der Waals surface area contributed by atoms with Crippen molar-refractivity contribution in [3.05, 3.63) is 29.8 Å². The fourth-order valence-corrected chi connectivity index (χ4v) is 2.20. The highest BCUT2D eigenvalue weighted by molar-refractivity contribution is 6.02. The first-order valence-electron chi connectivity index (χ1n) is 6.85. The van der Waals surface area contributed by atoms with Crippen LogP contribution in [0.2, 0.25) is 0 Å². The highest BCUT2D eigenvalue weighted by Gasteiger charge is 2.35. The van der Waals surface area contributed by atoms with Gasteiger partial charge in [0.1, 0.15) is 11.4 Å². The Morgan fingerprint density at radius 2 is 1.89 bits per heavy atom. The SMILES string of the molecule is CCC(CC)(OC)C(=O)c1cccc(OC(C)C)c1. The average molecular weight is 264 g/mol. The van der Waals surface area contributed by atoms with Crippen LogP contribution in [0.1, 0.15) is 50.9 Å². The molecule has 0 bridgehead atoms. The lowest BCUT2D eigenvalue weighted by Gasteiger charge is -2.28. The number of benzene rings is 1. The summed E-state index contributed by atoms with van der Waals surface area (Å²) in [5.41, 5.74) is -0.0834. The minimum Gasteiger partial charge on any atom is -0.491 e. The number of ether oxygens (including phenoxy) is 2. The predicted octanol–water partition coefficient (Wildman–Crippen LogP) is 3.86. The molecule has 0 aliphatic rings. The molecule has 0 heterocycles. The highest BCUT2D eigenvalue weighted by atomic mass is 16.5. The van der Waals surface area contributed by atoms with Crippen molar-refractivity contribution in [3.8, 4) is 5.75 Å². The molecule has 0 radical (unpaired) electrons. The smallest absolute Gasteiger partial charge is 0.194 e. The van der Waals surface area contributed by atoms with Crippen LogP contribution in [0.4, 0.5) is 0 Å². The van der Waals surface area contributed by atoms with Crippen molar-refractivity contribution in [2.75, 3.05) is 7.11 Å². The number of methoxy groups -OCH3 is 1. The summed E-state index contributed by atoms with van der Waals surface area (Å²) in [4.78, 5) is 12.6. The van der Waals surface area contributed by atoms with Gasteiger partial charge in [0, 0.05) is 12.7 Å². The molecule has 1 aromatic carbocycles. The van der Waals surface area contributed by atoms with E-state index in [-0.39, 0.29) is 11.9 Å². The van der Waals surface area contributed by atoms with Gasteiger partial charge in [0.15, 0.2) is 5.78 Å². The third-order valence-electron chi connectivity index (χ3n) is 3.41. The Labute approximate surface area is 115 Å². The van der Waals surface area contributed by atoms with Crippen molar-refractivity contribution >= 4 is 5.78 Å². The van der Waals surface area contributed by atoms with E-state index in [4.69, 9.17) is 9.47 Å². The third-order valence-corrected chi connectivity index (χ3v) is 3.41. The van der Waals surface area contributed by atoms with Crippen molar-refractivity contribution in [2.24, 2.45) is 0 Å². The van der Waals surface area contributed by atoms with Crippen molar-refractivity contribution in [1.82, 2.24) is 0 Å². The van der Waals surface area contributed by atoms with Gasteiger partial charge in [-0.3, -0.25) is 4.79 Å². The molecule has 0 aromatic heterocycles. The third kappa shape index (κ3) is 3.57. The molecule has 0 atom stereocenters. The van der Waals surface area contributed by atoms with E-state index in [1.807, 2.05) is 45.9 Å². The Morgan fingerprint density at radius 3 is 2.37 bits per heavy atom. The lowest BCUT2D eigenvalue weighted by Crippen LogP contribution is -2.39. The van der Waals surface area contributed by atoms with E-state index in [0.29, 0.717) is 18.4 Å². The van der Waals surface area contributed by atoms with Gasteiger partial charge in [0.25, 0.3) is 0 Å². The van der Waals surface area contributed by atoms with Crippen LogP contribution in [0, 0.1) is 0 Å². The number of Topliss-reactive ketones (excluding diaryl/α,β-unsaturated/α-hetero) is 1. The Balaban J connectivity index is 3.05. The number of hydrogen-bond acceptors (Lipinski definition) is 3. The van der Waals surface area contributed by atoms with Crippen molar-refractivity contribution < 1.29 is 14.3 Å². The second kappa shape index (κ2) is 6.71. The lowest BCUT2D eigenvalue weighted by molar-refractivity contribution is -0.00263. The molecule has 0 amide bonds. The molecule has 0 saturated heterocycles. The molecule has 3 heteroatoms. The number of carbonyl (C=O) groups is 1. The number of hydrogen-bond donors (Lipinski definition) is 0. The van der Waals surface area contributed by atoms with Gasteiger partial charge in [0.2, 0.25) is 0 Å². The molecule has 0 saturated carbocycles. The topological polar surface area (TPSA) is 35.5 Å². The molecule has 0 spiro atoms. The molecule has 1 aromatic rings. The van der Waals surface area contributed by atoms with E-state index in [1.165, 1.54) is 0 Å². The zero-order valence-corrected chi connectivity index (χ0v) is 12.5. The maximum absolute atomic E-state index is 12.6. The zero-order chi connectivity index (χ0) is 14.5. The largest absolute Gasteiger partial charge is 0.491 e. The summed E-state index contributed by atoms with van der Waals surface area (Å²) in [6.45, 7) is 7.87. The van der Waals surface area contributed by atoms with E-state index in [0.717, 1.165) is 5.75 Å². The summed E-state index contributed by atoms with van der Waals surface area (Å²) in [6, 6.07) is 7.32. The van der Waals surface area contributed by atoms with Gasteiger partial charge in [-0.2, -0.15) is 0 Å². The molecule has 0 unspecified atom stereocenters. The van der Waals surface area contributed by atoms with Crippen LogP contribution in [0.3, 0.4) is 0 Å². The van der Waals surface area contributed by atoms with Crippen LogP contribution < -0.4 is 4.74 Å². The van der Waals surface area contributed by atoms with Gasteiger partial charge >= 0.3 is 0 Å². The molecule has 3 nitrogen and oxygen atoms in total. The van der Waals surface area contributed by atoms with Gasteiger partial charge in [-0.15, -0.1) is 0 Å². The number of ketones is 1. The van der Waals surface area contributed by atoms with Crippen LogP contribution in [0.5, 0.6) is 5.75 Å². The van der Waals surface area contributed by atoms with E-state index in [9.17, 15) is 4.79 Å². The lowest BCUT2D eigenvalue weighted by atomic mass is 9.87. The van der Waals surface area contributed by atoms with E-state index in [1.54, 1.807) is 13.2 Å². The minimum atomic E-state index is -0.726. The summed E-state index contributed by atoms with van der Waals surface area (Å²) in [5, 5.41) is 0. The van der Waals surface area contributed by atoms with Gasteiger partial charge in [-0.1, -0.05) is 26.0 Å². The van der Waals surface area contributed by atoms with E-state index in [2.05, 4.69) is 0 Å². The van der Waals surface area contributed by atoms with Crippen molar-refractivity contribution in [2.45, 2.75) is 52.2 Å². The van der Waals surface area contributed by atoms with Gasteiger partial charge < -0.3 is 9.47 Å². The average Bonchev–Trinajstić information content (AvgIpc) is 2.40. The number of rotatable bonds is 7. The first-order chi connectivity index (χ1) is 8.99. The van der Waals surface area contributed by atoms with E-state index >= 15 is 0 Å². The molecular weight excluding hydrogens is 240 g/mol. The quantitative estimate of drug-likeness (QED) is 0.701. The highest BCUT2D eigenvalue weighted by Crippen LogP contribution is 2.26. The molecule has 0 fully saturated rings. The van der Waals surface area contributed by atoms with Crippen molar-refractivity contribution in [1.29, 1.82) is 0 Å². The summed E-state index contributed by atoms with van der Waals surface area (Å²) in [5.74, 6) is 0.743. The maximum atomic E-state index is 12.6. The monoisotopic (exact) mass is 264 g/mol. The second-order valence-corrected chi connectivity index (χ2v) is 4.93. The van der Waals surface area contributed by atoms with Crippen molar-refractivity contribution in [3.63, 3.8) is 0 Å². The Hall–Kier alpha value is -1.35. The Bertz CT molecular complexity index is 411. The molecule has 0 aliphatic heterocycles. The first-order valence-corrected chi connectivity index (χ1v) is 6.85. The van der Waals surface area contributed by atoms with Crippen LogP contribution in [0.15, 0.2) is 24.3 Å². The fraction of sp³-hybridized carbons (Fsp3) is 0.562. The number of carbonyl (C=O) groups excluding carboxylic acids is 1. The van der Waals surface area contributed by atoms with Crippen LogP contribution in [0.25, 0.3) is 0 Å². The van der Waals surface area contributed by atoms with Crippen LogP contribution in [-0.4, -0.2) is 24.6 Å². The maximum Gasteiger partial charge on any atom is 0.194 e. The summed E-state index contributed by atoms with van der Waals surface area (Å²) in [6.07, 6.45) is 1.41. The predicted molar refractivity (Wildman–Crippen MR) is 76.9 cm³/mol. The Kier molecular flexibility index (Phi) is 5.55.